The van der Waals surface area contributed by atoms with Crippen LogP contribution in [-0.2, 0) is 14.3 Å². The van der Waals surface area contributed by atoms with Crippen molar-refractivity contribution in [1.29, 1.82) is 5.41 Å². The van der Waals surface area contributed by atoms with Crippen molar-refractivity contribution in [3.05, 3.63) is 35.9 Å². The molecule has 136 valence electrons. The van der Waals surface area contributed by atoms with Crippen molar-refractivity contribution >= 4 is 24.2 Å². The summed E-state index contributed by atoms with van der Waals surface area (Å²) in [7, 11) is 0. The molecule has 0 aliphatic carbocycles. The Labute approximate surface area is 146 Å². The number of esters is 1. The van der Waals surface area contributed by atoms with Crippen LogP contribution in [0.4, 0.5) is 0 Å². The van der Waals surface area contributed by atoms with Crippen molar-refractivity contribution in [2.75, 3.05) is 13.2 Å². The van der Waals surface area contributed by atoms with Crippen LogP contribution in [0.3, 0.4) is 0 Å². The number of nitrogens with two attached hydrogens (primary N) is 1. The van der Waals surface area contributed by atoms with Gasteiger partial charge in [-0.15, -0.1) is 0 Å². The number of imide groups is 1. The number of carbonyl (C=O) groups is 3. The van der Waals surface area contributed by atoms with Crippen LogP contribution < -0.4 is 11.1 Å². The first kappa shape index (κ1) is 20.1. The summed E-state index contributed by atoms with van der Waals surface area (Å²) < 4.78 is 5.12. The van der Waals surface area contributed by atoms with Crippen molar-refractivity contribution in [2.45, 2.75) is 32.2 Å². The van der Waals surface area contributed by atoms with E-state index in [9.17, 15) is 14.4 Å². The molecule has 25 heavy (non-hydrogen) atoms. The molecule has 1 atom stereocenters. The van der Waals surface area contributed by atoms with Crippen LogP contribution in [0.2, 0.25) is 0 Å². The molecule has 1 aromatic carbocycles. The van der Waals surface area contributed by atoms with Crippen molar-refractivity contribution in [1.82, 2.24) is 10.2 Å². The van der Waals surface area contributed by atoms with Gasteiger partial charge >= 0.3 is 5.97 Å². The molecule has 0 spiro atoms. The van der Waals surface area contributed by atoms with Crippen molar-refractivity contribution < 1.29 is 19.1 Å². The Morgan fingerprint density at radius 2 is 2.04 bits per heavy atom. The summed E-state index contributed by atoms with van der Waals surface area (Å²) in [5, 5.41) is 9.73. The maximum Gasteiger partial charge on any atom is 0.329 e. The number of nitrogens with zero attached hydrogens (tertiary/aromatic N) is 1. The highest BCUT2D eigenvalue weighted by Gasteiger charge is 2.31. The Morgan fingerprint density at radius 1 is 1.36 bits per heavy atom. The number of carbonyl (C=O) groups excluding carboxylic acids is 3. The Bertz CT molecular complexity index is 592. The van der Waals surface area contributed by atoms with Gasteiger partial charge in [0.2, 0.25) is 6.41 Å². The third-order valence-electron chi connectivity index (χ3n) is 3.39. The lowest BCUT2D eigenvalue weighted by Crippen LogP contribution is -2.45. The highest BCUT2D eigenvalue weighted by atomic mass is 16.5. The van der Waals surface area contributed by atoms with E-state index in [1.54, 1.807) is 30.3 Å². The van der Waals surface area contributed by atoms with E-state index in [0.717, 1.165) is 4.90 Å². The smallest absolute Gasteiger partial charge is 0.329 e. The molecular weight excluding hydrogens is 324 g/mol. The highest BCUT2D eigenvalue weighted by molar-refractivity contribution is 6.02. The summed E-state index contributed by atoms with van der Waals surface area (Å²) in [5.41, 5.74) is 5.51. The van der Waals surface area contributed by atoms with Crippen LogP contribution in [0.15, 0.2) is 30.3 Å². The zero-order chi connectivity index (χ0) is 18.7. The average molecular weight is 348 g/mol. The second kappa shape index (κ2) is 10.8. The second-order valence-electron chi connectivity index (χ2n) is 5.35. The Hall–Kier alpha value is -2.90. The summed E-state index contributed by atoms with van der Waals surface area (Å²) >= 11 is 0. The fourth-order valence-corrected chi connectivity index (χ4v) is 2.18. The summed E-state index contributed by atoms with van der Waals surface area (Å²) in [4.78, 5) is 37.2. The van der Waals surface area contributed by atoms with Crippen LogP contribution in [0.1, 0.15) is 36.5 Å². The van der Waals surface area contributed by atoms with Gasteiger partial charge in [0, 0.05) is 12.1 Å². The molecule has 0 fully saturated rings. The van der Waals surface area contributed by atoms with Crippen molar-refractivity contribution in [2.24, 2.45) is 5.73 Å². The predicted octanol–water partition coefficient (Wildman–Crippen LogP) is 0.870. The number of hydrogen-bond acceptors (Lipinski definition) is 5. The summed E-state index contributed by atoms with van der Waals surface area (Å²) in [5.74, 6) is -1.37. The van der Waals surface area contributed by atoms with E-state index in [0.29, 0.717) is 31.4 Å². The standard InChI is InChI=1S/C17H24N4O4/c1-2-11-25-16(24)14(9-6-10-20-17(18)19)21(12-22)15(23)13-7-4-3-5-8-13/h3-5,7-8,12,14H,2,6,9-11H2,1H3,(H4,18,19,20)/t14-/m0/s1. The van der Waals surface area contributed by atoms with Crippen LogP contribution in [0.5, 0.6) is 0 Å². The van der Waals surface area contributed by atoms with Gasteiger partial charge in [0.25, 0.3) is 5.91 Å². The van der Waals surface area contributed by atoms with Gasteiger partial charge in [-0.25, -0.2) is 4.79 Å². The van der Waals surface area contributed by atoms with Gasteiger partial charge in [-0.3, -0.25) is 19.9 Å². The fourth-order valence-electron chi connectivity index (χ4n) is 2.18. The molecule has 0 saturated heterocycles. The Kier molecular flexibility index (Phi) is 8.70. The number of hydrogen-bond donors (Lipinski definition) is 3. The van der Waals surface area contributed by atoms with E-state index in [4.69, 9.17) is 15.9 Å². The molecule has 2 amide bonds. The van der Waals surface area contributed by atoms with E-state index >= 15 is 0 Å². The quantitative estimate of drug-likeness (QED) is 0.189. The predicted molar refractivity (Wildman–Crippen MR) is 92.9 cm³/mol. The van der Waals surface area contributed by atoms with Crippen LogP contribution >= 0.6 is 0 Å². The van der Waals surface area contributed by atoms with Crippen molar-refractivity contribution in [3.63, 3.8) is 0 Å². The van der Waals surface area contributed by atoms with E-state index in [1.807, 2.05) is 6.92 Å². The molecule has 0 heterocycles. The van der Waals surface area contributed by atoms with Crippen molar-refractivity contribution in [3.8, 4) is 0 Å². The molecule has 0 aliphatic heterocycles. The number of benzene rings is 1. The number of guanidine groups is 1. The lowest BCUT2D eigenvalue weighted by Gasteiger charge is -2.25. The summed E-state index contributed by atoms with van der Waals surface area (Å²) in [6.07, 6.45) is 1.63. The largest absolute Gasteiger partial charge is 0.464 e. The average Bonchev–Trinajstić information content (AvgIpc) is 2.62. The first-order valence-electron chi connectivity index (χ1n) is 8.08. The van der Waals surface area contributed by atoms with Gasteiger partial charge < -0.3 is 15.8 Å². The van der Waals surface area contributed by atoms with Gasteiger partial charge in [0.05, 0.1) is 6.61 Å². The van der Waals surface area contributed by atoms with Crippen LogP contribution in [-0.4, -0.2) is 48.3 Å². The van der Waals surface area contributed by atoms with Gasteiger partial charge in [-0.2, -0.15) is 0 Å². The third-order valence-corrected chi connectivity index (χ3v) is 3.39. The molecule has 8 heteroatoms. The minimum Gasteiger partial charge on any atom is -0.464 e. The van der Waals surface area contributed by atoms with Gasteiger partial charge in [-0.1, -0.05) is 25.1 Å². The third kappa shape index (κ3) is 6.62. The normalized spacial score (nSPS) is 11.2. The molecule has 0 bridgehead atoms. The Balaban J connectivity index is 2.88. The first-order chi connectivity index (χ1) is 12.0. The number of rotatable bonds is 10. The van der Waals surface area contributed by atoms with Gasteiger partial charge in [0.15, 0.2) is 5.96 Å². The van der Waals surface area contributed by atoms with E-state index in [-0.39, 0.29) is 19.0 Å². The topological polar surface area (TPSA) is 126 Å². The first-order valence-corrected chi connectivity index (χ1v) is 8.08. The number of ether oxygens (including phenoxy) is 1. The van der Waals surface area contributed by atoms with Gasteiger partial charge in [-0.05, 0) is 31.4 Å². The van der Waals surface area contributed by atoms with E-state index < -0.39 is 17.9 Å². The zero-order valence-corrected chi connectivity index (χ0v) is 14.2. The summed E-state index contributed by atoms with van der Waals surface area (Å²) in [6, 6.07) is 7.23. The van der Waals surface area contributed by atoms with Gasteiger partial charge in [0.1, 0.15) is 6.04 Å². The lowest BCUT2D eigenvalue weighted by atomic mass is 10.1. The highest BCUT2D eigenvalue weighted by Crippen LogP contribution is 2.13. The number of amides is 2. The molecular formula is C17H24N4O4. The zero-order valence-electron chi connectivity index (χ0n) is 14.2. The minimum absolute atomic E-state index is 0.183. The lowest BCUT2D eigenvalue weighted by molar-refractivity contribution is -0.151. The van der Waals surface area contributed by atoms with Crippen LogP contribution in [0.25, 0.3) is 0 Å². The minimum atomic E-state index is -1.02. The molecule has 0 unspecified atom stereocenters. The molecule has 0 saturated carbocycles. The monoisotopic (exact) mass is 348 g/mol. The Morgan fingerprint density at radius 3 is 2.60 bits per heavy atom. The molecule has 8 nitrogen and oxygen atoms in total. The van der Waals surface area contributed by atoms with E-state index in [1.165, 1.54) is 0 Å². The SMILES string of the molecule is CCCOC(=O)[C@H](CCCNC(=N)N)N(C=O)C(=O)c1ccccc1. The maximum absolute atomic E-state index is 12.6. The maximum atomic E-state index is 12.6. The number of nitrogens with one attached hydrogen (secondary N) is 2. The fraction of sp³-hybridized carbons (Fsp3) is 0.412. The van der Waals surface area contributed by atoms with Crippen LogP contribution in [0, 0.1) is 5.41 Å². The van der Waals surface area contributed by atoms with E-state index in [2.05, 4.69) is 5.32 Å². The molecule has 0 aromatic heterocycles. The molecule has 4 N–H and O–H groups in total. The summed E-state index contributed by atoms with van der Waals surface area (Å²) in [6.45, 7) is 2.41. The molecule has 1 aromatic rings. The molecule has 0 radical (unpaired) electrons. The molecule has 1 rings (SSSR count). The second-order valence-corrected chi connectivity index (χ2v) is 5.35. The molecule has 0 aliphatic rings.